The highest BCUT2D eigenvalue weighted by molar-refractivity contribution is 4.79. The standard InChI is InChI=1S/C25H51N/c1-7-14-26(15-8-2)20-22(6)18-25-17-21(5)16-24(19-25)13-11-12-23(9-3)10-4/h21-25H,7-20H2,1-6H3. The first kappa shape index (κ1) is 24.0. The van der Waals surface area contributed by atoms with Crippen molar-refractivity contribution in [3.63, 3.8) is 0 Å². The van der Waals surface area contributed by atoms with Crippen LogP contribution in [0.15, 0.2) is 0 Å². The minimum Gasteiger partial charge on any atom is -0.303 e. The molecule has 1 saturated carbocycles. The van der Waals surface area contributed by atoms with E-state index in [9.17, 15) is 0 Å². The molecule has 0 aromatic carbocycles. The molecular formula is C25H51N. The average Bonchev–Trinajstić information content (AvgIpc) is 2.58. The molecule has 0 aromatic rings. The average molecular weight is 366 g/mol. The van der Waals surface area contributed by atoms with Crippen molar-refractivity contribution < 1.29 is 0 Å². The van der Waals surface area contributed by atoms with Gasteiger partial charge in [0.05, 0.1) is 0 Å². The summed E-state index contributed by atoms with van der Waals surface area (Å²) in [5.41, 5.74) is 0. The largest absolute Gasteiger partial charge is 0.303 e. The SMILES string of the molecule is CCCN(CCC)CC(C)CC1CC(C)CC(CCCC(CC)CC)C1. The van der Waals surface area contributed by atoms with Gasteiger partial charge in [0.25, 0.3) is 0 Å². The maximum Gasteiger partial charge on any atom is 0.000712 e. The molecule has 0 amide bonds. The van der Waals surface area contributed by atoms with Gasteiger partial charge in [-0.2, -0.15) is 0 Å². The van der Waals surface area contributed by atoms with Crippen molar-refractivity contribution in [3.05, 3.63) is 0 Å². The zero-order chi connectivity index (χ0) is 19.4. The van der Waals surface area contributed by atoms with E-state index in [1.54, 1.807) is 0 Å². The van der Waals surface area contributed by atoms with Crippen molar-refractivity contribution >= 4 is 0 Å². The second kappa shape index (κ2) is 14.0. The van der Waals surface area contributed by atoms with Gasteiger partial charge in [-0.05, 0) is 81.2 Å². The maximum absolute atomic E-state index is 2.71. The Labute approximate surface area is 166 Å². The Bertz CT molecular complexity index is 316. The fraction of sp³-hybridized carbons (Fsp3) is 1.00. The van der Waals surface area contributed by atoms with Crippen molar-refractivity contribution in [2.75, 3.05) is 19.6 Å². The summed E-state index contributed by atoms with van der Waals surface area (Å²) < 4.78 is 0. The molecule has 0 aromatic heterocycles. The highest BCUT2D eigenvalue weighted by Crippen LogP contribution is 2.39. The molecule has 1 aliphatic rings. The molecule has 1 nitrogen and oxygen atoms in total. The van der Waals surface area contributed by atoms with Crippen molar-refractivity contribution in [1.82, 2.24) is 4.90 Å². The minimum absolute atomic E-state index is 0.869. The summed E-state index contributed by atoms with van der Waals surface area (Å²) in [6, 6.07) is 0. The van der Waals surface area contributed by atoms with Gasteiger partial charge < -0.3 is 4.90 Å². The van der Waals surface area contributed by atoms with Crippen molar-refractivity contribution in [2.45, 2.75) is 112 Å². The predicted molar refractivity (Wildman–Crippen MR) is 119 cm³/mol. The Morgan fingerprint density at radius 2 is 1.50 bits per heavy atom. The molecule has 0 heterocycles. The highest BCUT2D eigenvalue weighted by atomic mass is 15.1. The summed E-state index contributed by atoms with van der Waals surface area (Å²) in [4.78, 5) is 2.71. The van der Waals surface area contributed by atoms with Gasteiger partial charge in [-0.15, -0.1) is 0 Å². The first-order valence-corrected chi connectivity index (χ1v) is 12.2. The van der Waals surface area contributed by atoms with Crippen LogP contribution in [0.25, 0.3) is 0 Å². The van der Waals surface area contributed by atoms with E-state index in [1.165, 1.54) is 90.3 Å². The lowest BCUT2D eigenvalue weighted by atomic mass is 9.71. The summed E-state index contributed by atoms with van der Waals surface area (Å²) >= 11 is 0. The lowest BCUT2D eigenvalue weighted by Crippen LogP contribution is -2.32. The molecule has 0 aliphatic heterocycles. The normalized spacial score (nSPS) is 25.2. The third-order valence-electron chi connectivity index (χ3n) is 6.90. The van der Waals surface area contributed by atoms with Crippen molar-refractivity contribution in [2.24, 2.45) is 29.6 Å². The van der Waals surface area contributed by atoms with Crippen LogP contribution < -0.4 is 0 Å². The molecule has 4 atom stereocenters. The smallest absolute Gasteiger partial charge is 0.000712 e. The Hall–Kier alpha value is -0.0400. The molecule has 1 aliphatic carbocycles. The van der Waals surface area contributed by atoms with Crippen LogP contribution in [0.5, 0.6) is 0 Å². The molecule has 156 valence electrons. The highest BCUT2D eigenvalue weighted by Gasteiger charge is 2.27. The van der Waals surface area contributed by atoms with E-state index in [0.29, 0.717) is 0 Å². The Morgan fingerprint density at radius 1 is 0.885 bits per heavy atom. The van der Waals surface area contributed by atoms with Crippen LogP contribution >= 0.6 is 0 Å². The molecule has 0 N–H and O–H groups in total. The maximum atomic E-state index is 2.71. The summed E-state index contributed by atoms with van der Waals surface area (Å²) in [6.45, 7) is 18.3. The molecule has 1 rings (SSSR count). The Morgan fingerprint density at radius 3 is 2.08 bits per heavy atom. The lowest BCUT2D eigenvalue weighted by Gasteiger charge is -2.36. The molecular weight excluding hydrogens is 314 g/mol. The van der Waals surface area contributed by atoms with Gasteiger partial charge in [0.15, 0.2) is 0 Å². The second-order valence-electron chi connectivity index (χ2n) is 9.80. The fourth-order valence-corrected chi connectivity index (χ4v) is 5.73. The fourth-order valence-electron chi connectivity index (χ4n) is 5.73. The van der Waals surface area contributed by atoms with Crippen LogP contribution in [-0.2, 0) is 0 Å². The van der Waals surface area contributed by atoms with Crippen molar-refractivity contribution in [3.8, 4) is 0 Å². The first-order valence-electron chi connectivity index (χ1n) is 12.2. The Balaban J connectivity index is 2.38. The molecule has 1 heteroatoms. The van der Waals surface area contributed by atoms with Gasteiger partial charge in [-0.25, -0.2) is 0 Å². The third kappa shape index (κ3) is 9.77. The second-order valence-corrected chi connectivity index (χ2v) is 9.80. The zero-order valence-electron chi connectivity index (χ0n) is 19.2. The van der Waals surface area contributed by atoms with E-state index in [2.05, 4.69) is 46.4 Å². The van der Waals surface area contributed by atoms with Gasteiger partial charge in [-0.1, -0.05) is 73.6 Å². The lowest BCUT2D eigenvalue weighted by molar-refractivity contribution is 0.153. The van der Waals surface area contributed by atoms with Crippen LogP contribution in [0.2, 0.25) is 0 Å². The van der Waals surface area contributed by atoms with Crippen LogP contribution in [0, 0.1) is 29.6 Å². The van der Waals surface area contributed by atoms with E-state index < -0.39 is 0 Å². The molecule has 0 radical (unpaired) electrons. The van der Waals surface area contributed by atoms with E-state index in [1.807, 2.05) is 0 Å². The first-order chi connectivity index (χ1) is 12.5. The van der Waals surface area contributed by atoms with Crippen molar-refractivity contribution in [1.29, 1.82) is 0 Å². The molecule has 1 fully saturated rings. The third-order valence-corrected chi connectivity index (χ3v) is 6.90. The summed E-state index contributed by atoms with van der Waals surface area (Å²) in [5.74, 6) is 4.83. The minimum atomic E-state index is 0.869. The van der Waals surface area contributed by atoms with Crippen LogP contribution in [0.1, 0.15) is 112 Å². The van der Waals surface area contributed by atoms with Gasteiger partial charge in [0.1, 0.15) is 0 Å². The summed E-state index contributed by atoms with van der Waals surface area (Å²) in [6.07, 6.45) is 15.8. The van der Waals surface area contributed by atoms with E-state index >= 15 is 0 Å². The molecule has 0 saturated heterocycles. The van der Waals surface area contributed by atoms with E-state index in [-0.39, 0.29) is 0 Å². The molecule has 0 bridgehead atoms. The number of hydrogen-bond donors (Lipinski definition) is 0. The van der Waals surface area contributed by atoms with Crippen LogP contribution in [0.3, 0.4) is 0 Å². The molecule has 26 heavy (non-hydrogen) atoms. The number of nitrogens with zero attached hydrogens (tertiary/aromatic N) is 1. The van der Waals surface area contributed by atoms with Crippen LogP contribution in [0.4, 0.5) is 0 Å². The van der Waals surface area contributed by atoms with Gasteiger partial charge >= 0.3 is 0 Å². The zero-order valence-corrected chi connectivity index (χ0v) is 19.2. The van der Waals surface area contributed by atoms with Gasteiger partial charge in [0.2, 0.25) is 0 Å². The number of rotatable bonds is 14. The number of hydrogen-bond acceptors (Lipinski definition) is 1. The van der Waals surface area contributed by atoms with E-state index in [0.717, 1.165) is 29.6 Å². The molecule has 0 spiro atoms. The topological polar surface area (TPSA) is 3.24 Å². The Kier molecular flexibility index (Phi) is 12.9. The van der Waals surface area contributed by atoms with E-state index in [4.69, 9.17) is 0 Å². The van der Waals surface area contributed by atoms with Gasteiger partial charge in [0, 0.05) is 6.54 Å². The monoisotopic (exact) mass is 365 g/mol. The summed E-state index contributed by atoms with van der Waals surface area (Å²) in [5, 5.41) is 0. The van der Waals surface area contributed by atoms with Crippen LogP contribution in [-0.4, -0.2) is 24.5 Å². The predicted octanol–water partition coefficient (Wildman–Crippen LogP) is 7.79. The van der Waals surface area contributed by atoms with Gasteiger partial charge in [-0.3, -0.25) is 0 Å². The summed E-state index contributed by atoms with van der Waals surface area (Å²) in [7, 11) is 0. The molecule has 4 unspecified atom stereocenters. The quantitative estimate of drug-likeness (QED) is 0.303.